The lowest BCUT2D eigenvalue weighted by Crippen LogP contribution is -2.24. The van der Waals surface area contributed by atoms with Gasteiger partial charge in [0, 0.05) is 13.1 Å². The predicted molar refractivity (Wildman–Crippen MR) is 92.4 cm³/mol. The molecule has 1 aromatic carbocycles. The van der Waals surface area contributed by atoms with Crippen molar-refractivity contribution >= 4 is 11.7 Å². The molecule has 1 aromatic heterocycles. The van der Waals surface area contributed by atoms with Gasteiger partial charge in [-0.3, -0.25) is 4.79 Å². The standard InChI is InChI=1S/C18H24N4O/c1-3-4-5-12-19-17-11-10-16(21-22-17)18(23)20-13-15-8-6-14(2)7-9-15/h6-11H,3-5,12-13H2,1-2H3,(H,19,22)(H,20,23). The molecule has 2 N–H and O–H groups in total. The van der Waals surface area contributed by atoms with Gasteiger partial charge in [0.1, 0.15) is 5.82 Å². The van der Waals surface area contributed by atoms with Crippen LogP contribution in [0.15, 0.2) is 36.4 Å². The zero-order valence-electron chi connectivity index (χ0n) is 13.8. The third kappa shape index (κ3) is 5.70. The van der Waals surface area contributed by atoms with Crippen LogP contribution < -0.4 is 10.6 Å². The van der Waals surface area contributed by atoms with Crippen LogP contribution >= 0.6 is 0 Å². The highest BCUT2D eigenvalue weighted by Gasteiger charge is 2.07. The number of amides is 1. The molecule has 0 aliphatic rings. The third-order valence-electron chi connectivity index (χ3n) is 3.56. The van der Waals surface area contributed by atoms with Crippen LogP contribution in [-0.2, 0) is 6.54 Å². The van der Waals surface area contributed by atoms with Crippen molar-refractivity contribution in [3.05, 3.63) is 53.2 Å². The number of hydrogen-bond donors (Lipinski definition) is 2. The summed E-state index contributed by atoms with van der Waals surface area (Å²) in [5, 5.41) is 14.1. The first kappa shape index (κ1) is 16.9. The Morgan fingerprint density at radius 3 is 2.48 bits per heavy atom. The van der Waals surface area contributed by atoms with Crippen molar-refractivity contribution < 1.29 is 4.79 Å². The molecule has 23 heavy (non-hydrogen) atoms. The number of carbonyl (C=O) groups is 1. The maximum absolute atomic E-state index is 12.1. The van der Waals surface area contributed by atoms with Gasteiger partial charge in [0.15, 0.2) is 5.69 Å². The molecule has 0 saturated carbocycles. The summed E-state index contributed by atoms with van der Waals surface area (Å²) in [7, 11) is 0. The molecule has 0 atom stereocenters. The lowest BCUT2D eigenvalue weighted by Gasteiger charge is -2.06. The number of anilines is 1. The maximum atomic E-state index is 12.1. The summed E-state index contributed by atoms with van der Waals surface area (Å²) in [5.41, 5.74) is 2.59. The minimum atomic E-state index is -0.212. The Kier molecular flexibility index (Phi) is 6.54. The van der Waals surface area contributed by atoms with Crippen molar-refractivity contribution in [1.29, 1.82) is 0 Å². The Morgan fingerprint density at radius 2 is 1.83 bits per heavy atom. The minimum Gasteiger partial charge on any atom is -0.369 e. The highest BCUT2D eigenvalue weighted by Crippen LogP contribution is 2.05. The van der Waals surface area contributed by atoms with E-state index in [-0.39, 0.29) is 5.91 Å². The van der Waals surface area contributed by atoms with Crippen LogP contribution in [0.1, 0.15) is 47.8 Å². The number of benzene rings is 1. The predicted octanol–water partition coefficient (Wildman–Crippen LogP) is 3.32. The highest BCUT2D eigenvalue weighted by molar-refractivity contribution is 5.92. The molecule has 2 aromatic rings. The lowest BCUT2D eigenvalue weighted by molar-refractivity contribution is 0.0945. The van der Waals surface area contributed by atoms with E-state index < -0.39 is 0 Å². The lowest BCUT2D eigenvalue weighted by atomic mass is 10.1. The van der Waals surface area contributed by atoms with Gasteiger partial charge in [-0.15, -0.1) is 10.2 Å². The molecule has 0 aliphatic heterocycles. The summed E-state index contributed by atoms with van der Waals surface area (Å²) >= 11 is 0. The van der Waals surface area contributed by atoms with E-state index in [9.17, 15) is 4.79 Å². The van der Waals surface area contributed by atoms with Crippen molar-refractivity contribution in [2.75, 3.05) is 11.9 Å². The van der Waals surface area contributed by atoms with Crippen molar-refractivity contribution in [3.63, 3.8) is 0 Å². The molecule has 0 unspecified atom stereocenters. The van der Waals surface area contributed by atoms with E-state index in [2.05, 4.69) is 27.8 Å². The molecule has 1 amide bonds. The maximum Gasteiger partial charge on any atom is 0.272 e. The van der Waals surface area contributed by atoms with E-state index in [0.717, 1.165) is 18.5 Å². The van der Waals surface area contributed by atoms with Gasteiger partial charge in [-0.25, -0.2) is 0 Å². The van der Waals surface area contributed by atoms with Gasteiger partial charge in [-0.05, 0) is 31.0 Å². The Labute approximate surface area is 137 Å². The fourth-order valence-electron chi connectivity index (χ4n) is 2.12. The topological polar surface area (TPSA) is 66.9 Å². The van der Waals surface area contributed by atoms with E-state index in [0.29, 0.717) is 18.1 Å². The Morgan fingerprint density at radius 1 is 1.04 bits per heavy atom. The number of unbranched alkanes of at least 4 members (excludes halogenated alkanes) is 2. The first-order chi connectivity index (χ1) is 11.2. The van der Waals surface area contributed by atoms with Crippen molar-refractivity contribution in [2.45, 2.75) is 39.7 Å². The smallest absolute Gasteiger partial charge is 0.272 e. The molecular formula is C18H24N4O. The first-order valence-electron chi connectivity index (χ1n) is 8.10. The minimum absolute atomic E-state index is 0.212. The first-order valence-corrected chi connectivity index (χ1v) is 8.10. The summed E-state index contributed by atoms with van der Waals surface area (Å²) < 4.78 is 0. The van der Waals surface area contributed by atoms with Crippen LogP contribution in [-0.4, -0.2) is 22.6 Å². The zero-order chi connectivity index (χ0) is 16.5. The molecule has 0 spiro atoms. The van der Waals surface area contributed by atoms with E-state index in [1.807, 2.05) is 31.2 Å². The number of aryl methyl sites for hydroxylation is 1. The fraction of sp³-hybridized carbons (Fsp3) is 0.389. The summed E-state index contributed by atoms with van der Waals surface area (Å²) in [6.45, 7) is 5.57. The molecule has 1 heterocycles. The Hall–Kier alpha value is -2.43. The molecule has 0 radical (unpaired) electrons. The second-order valence-electron chi connectivity index (χ2n) is 5.61. The Bertz CT molecular complexity index is 608. The van der Waals surface area contributed by atoms with Gasteiger partial charge in [0.25, 0.3) is 5.91 Å². The van der Waals surface area contributed by atoms with Gasteiger partial charge in [-0.2, -0.15) is 0 Å². The number of rotatable bonds is 8. The van der Waals surface area contributed by atoms with Gasteiger partial charge >= 0.3 is 0 Å². The van der Waals surface area contributed by atoms with Gasteiger partial charge in [0.2, 0.25) is 0 Å². The van der Waals surface area contributed by atoms with Crippen molar-refractivity contribution in [3.8, 4) is 0 Å². The molecule has 5 heteroatoms. The van der Waals surface area contributed by atoms with Crippen molar-refractivity contribution in [1.82, 2.24) is 15.5 Å². The van der Waals surface area contributed by atoms with Gasteiger partial charge < -0.3 is 10.6 Å². The molecule has 0 aliphatic carbocycles. The van der Waals surface area contributed by atoms with Crippen LogP contribution in [0.2, 0.25) is 0 Å². The number of aromatic nitrogens is 2. The summed E-state index contributed by atoms with van der Waals surface area (Å²) in [4.78, 5) is 12.1. The van der Waals surface area contributed by atoms with Crippen LogP contribution in [0.4, 0.5) is 5.82 Å². The largest absolute Gasteiger partial charge is 0.369 e. The monoisotopic (exact) mass is 312 g/mol. The SMILES string of the molecule is CCCCCNc1ccc(C(=O)NCc2ccc(C)cc2)nn1. The summed E-state index contributed by atoms with van der Waals surface area (Å²) in [6, 6.07) is 11.6. The Balaban J connectivity index is 1.81. The molecule has 2 rings (SSSR count). The number of hydrogen-bond acceptors (Lipinski definition) is 4. The average molecular weight is 312 g/mol. The second kappa shape index (κ2) is 8.88. The van der Waals surface area contributed by atoms with E-state index in [1.54, 1.807) is 12.1 Å². The van der Waals surface area contributed by atoms with E-state index in [1.165, 1.54) is 18.4 Å². The van der Waals surface area contributed by atoms with Crippen LogP contribution in [0.25, 0.3) is 0 Å². The van der Waals surface area contributed by atoms with Gasteiger partial charge in [-0.1, -0.05) is 49.6 Å². The number of nitrogens with one attached hydrogen (secondary N) is 2. The van der Waals surface area contributed by atoms with Crippen molar-refractivity contribution in [2.24, 2.45) is 0 Å². The van der Waals surface area contributed by atoms with Crippen LogP contribution in [0, 0.1) is 6.92 Å². The third-order valence-corrected chi connectivity index (χ3v) is 3.56. The fourth-order valence-corrected chi connectivity index (χ4v) is 2.12. The van der Waals surface area contributed by atoms with E-state index in [4.69, 9.17) is 0 Å². The van der Waals surface area contributed by atoms with Gasteiger partial charge in [0.05, 0.1) is 0 Å². The molecule has 0 bridgehead atoms. The molecule has 0 fully saturated rings. The number of carbonyl (C=O) groups excluding carboxylic acids is 1. The van der Waals surface area contributed by atoms with Crippen LogP contribution in [0.5, 0.6) is 0 Å². The summed E-state index contributed by atoms with van der Waals surface area (Å²) in [5.74, 6) is 0.492. The normalized spacial score (nSPS) is 10.3. The number of nitrogens with zero attached hydrogens (tertiary/aromatic N) is 2. The van der Waals surface area contributed by atoms with Crippen LogP contribution in [0.3, 0.4) is 0 Å². The second-order valence-corrected chi connectivity index (χ2v) is 5.61. The molecular weight excluding hydrogens is 288 g/mol. The zero-order valence-corrected chi connectivity index (χ0v) is 13.8. The van der Waals surface area contributed by atoms with E-state index >= 15 is 0 Å². The molecule has 122 valence electrons. The average Bonchev–Trinajstić information content (AvgIpc) is 2.58. The molecule has 0 saturated heterocycles. The molecule has 5 nitrogen and oxygen atoms in total. The quantitative estimate of drug-likeness (QED) is 0.734. The summed E-state index contributed by atoms with van der Waals surface area (Å²) in [6.07, 6.45) is 3.49. The highest BCUT2D eigenvalue weighted by atomic mass is 16.1.